The Morgan fingerprint density at radius 1 is 1.19 bits per heavy atom. The summed E-state index contributed by atoms with van der Waals surface area (Å²) < 4.78 is 5.87. The first-order valence-corrected chi connectivity index (χ1v) is 11.7. The second-order valence-corrected chi connectivity index (χ2v) is 10.1. The lowest BCUT2D eigenvalue weighted by Gasteiger charge is -2.29. The van der Waals surface area contributed by atoms with E-state index in [1.54, 1.807) is 0 Å². The van der Waals surface area contributed by atoms with Crippen LogP contribution in [0.25, 0.3) is 0 Å². The number of aryl methyl sites for hydroxylation is 1. The predicted octanol–water partition coefficient (Wildman–Crippen LogP) is 4.38. The molecule has 0 unspecified atom stereocenters. The maximum atomic E-state index is 12.7. The maximum Gasteiger partial charge on any atom is 0.234 e. The molecule has 3 rings (SSSR count). The fraction of sp³-hybridized carbons (Fsp3) is 0.500. The molecular weight excluding hydrogens is 424 g/mol. The Balaban J connectivity index is 1.48. The molecule has 0 spiro atoms. The van der Waals surface area contributed by atoms with E-state index in [9.17, 15) is 9.90 Å². The van der Waals surface area contributed by atoms with Gasteiger partial charge in [-0.1, -0.05) is 48.0 Å². The molecule has 5 nitrogen and oxygen atoms in total. The number of ether oxygens (including phenoxy) is 1. The van der Waals surface area contributed by atoms with Gasteiger partial charge in [0, 0.05) is 12.1 Å². The van der Waals surface area contributed by atoms with Crippen LogP contribution in [0.5, 0.6) is 5.75 Å². The fourth-order valence-electron chi connectivity index (χ4n) is 4.24. The lowest BCUT2D eigenvalue weighted by molar-refractivity contribution is -0.123. The standard InChI is InChI=1S/C26H35ClN2O3/c1-20-10-11-22(27)23(16-20)32-19-26(31)12-7-14-29(15-13-26)18-24(30)28-25(2,3)17-21-8-5-4-6-9-21/h4-6,8-11,16,31H,7,12-15,17-19H2,1-3H3,(H,28,30)/t26-/m0/s1. The van der Waals surface area contributed by atoms with Gasteiger partial charge in [-0.25, -0.2) is 0 Å². The number of nitrogens with zero attached hydrogens (tertiary/aromatic N) is 1. The van der Waals surface area contributed by atoms with E-state index >= 15 is 0 Å². The van der Waals surface area contributed by atoms with Crippen LogP contribution in [0.1, 0.15) is 44.2 Å². The molecular formula is C26H35ClN2O3. The third kappa shape index (κ3) is 7.51. The number of nitrogens with one attached hydrogen (secondary N) is 1. The molecule has 6 heteroatoms. The molecule has 0 radical (unpaired) electrons. The van der Waals surface area contributed by atoms with Gasteiger partial charge in [0.15, 0.2) is 0 Å². The van der Waals surface area contributed by atoms with Gasteiger partial charge in [-0.2, -0.15) is 0 Å². The maximum absolute atomic E-state index is 12.7. The van der Waals surface area contributed by atoms with Crippen molar-refractivity contribution in [1.29, 1.82) is 0 Å². The van der Waals surface area contributed by atoms with Crippen molar-refractivity contribution in [3.63, 3.8) is 0 Å². The van der Waals surface area contributed by atoms with Gasteiger partial charge in [0.25, 0.3) is 0 Å². The van der Waals surface area contributed by atoms with Crippen molar-refractivity contribution in [2.75, 3.05) is 26.2 Å². The van der Waals surface area contributed by atoms with E-state index in [0.29, 0.717) is 36.7 Å². The highest BCUT2D eigenvalue weighted by Crippen LogP contribution is 2.29. The average Bonchev–Trinajstić information content (AvgIpc) is 2.90. The number of benzene rings is 2. The Morgan fingerprint density at radius 2 is 1.94 bits per heavy atom. The second kappa shape index (κ2) is 10.7. The van der Waals surface area contributed by atoms with Crippen LogP contribution in [0.4, 0.5) is 0 Å². The highest BCUT2D eigenvalue weighted by molar-refractivity contribution is 6.32. The van der Waals surface area contributed by atoms with Crippen LogP contribution in [0.2, 0.25) is 5.02 Å². The van der Waals surface area contributed by atoms with Crippen LogP contribution >= 0.6 is 11.6 Å². The number of carbonyl (C=O) groups is 1. The van der Waals surface area contributed by atoms with Gasteiger partial charge in [-0.3, -0.25) is 9.69 Å². The van der Waals surface area contributed by atoms with Gasteiger partial charge in [-0.05, 0) is 76.3 Å². The van der Waals surface area contributed by atoms with E-state index in [1.165, 1.54) is 5.56 Å². The number of carbonyl (C=O) groups excluding carboxylic acids is 1. The van der Waals surface area contributed by atoms with Gasteiger partial charge in [0.2, 0.25) is 5.91 Å². The number of rotatable bonds is 8. The lowest BCUT2D eigenvalue weighted by Crippen LogP contribution is -2.49. The monoisotopic (exact) mass is 458 g/mol. The number of likely N-dealkylation sites (tertiary alicyclic amines) is 1. The molecule has 1 fully saturated rings. The molecule has 0 aliphatic carbocycles. The lowest BCUT2D eigenvalue weighted by atomic mass is 9.95. The first kappa shape index (κ1) is 24.6. The fourth-order valence-corrected chi connectivity index (χ4v) is 4.41. The van der Waals surface area contributed by atoms with Crippen molar-refractivity contribution < 1.29 is 14.6 Å². The van der Waals surface area contributed by atoms with E-state index in [4.69, 9.17) is 16.3 Å². The van der Waals surface area contributed by atoms with Gasteiger partial charge in [-0.15, -0.1) is 0 Å². The number of amides is 1. The minimum Gasteiger partial charge on any atom is -0.489 e. The summed E-state index contributed by atoms with van der Waals surface area (Å²) in [5.74, 6) is 0.611. The van der Waals surface area contributed by atoms with Gasteiger partial charge < -0.3 is 15.2 Å². The first-order chi connectivity index (χ1) is 15.1. The molecule has 2 N–H and O–H groups in total. The Morgan fingerprint density at radius 3 is 2.69 bits per heavy atom. The Kier molecular flexibility index (Phi) is 8.21. The van der Waals surface area contributed by atoms with Crippen LogP contribution in [0.15, 0.2) is 48.5 Å². The van der Waals surface area contributed by atoms with Crippen LogP contribution in [0.3, 0.4) is 0 Å². The molecule has 0 aromatic heterocycles. The molecule has 32 heavy (non-hydrogen) atoms. The Hall–Kier alpha value is -2.08. The highest BCUT2D eigenvalue weighted by Gasteiger charge is 2.32. The molecule has 1 atom stereocenters. The minimum absolute atomic E-state index is 0.0131. The van der Waals surface area contributed by atoms with E-state index in [0.717, 1.165) is 24.9 Å². The Labute approximate surface area is 196 Å². The minimum atomic E-state index is -0.926. The van der Waals surface area contributed by atoms with Crippen LogP contribution in [0, 0.1) is 6.92 Å². The predicted molar refractivity (Wildman–Crippen MR) is 129 cm³/mol. The van der Waals surface area contributed by atoms with Crippen molar-refractivity contribution in [3.05, 3.63) is 64.7 Å². The quantitative estimate of drug-likeness (QED) is 0.616. The molecule has 1 heterocycles. The summed E-state index contributed by atoms with van der Waals surface area (Å²) in [6, 6.07) is 15.8. The molecule has 1 aliphatic rings. The van der Waals surface area contributed by atoms with Gasteiger partial charge in [0.1, 0.15) is 12.4 Å². The SMILES string of the molecule is Cc1ccc(Cl)c(OC[C@]2(O)CCCN(CC(=O)NC(C)(C)Cc3ccccc3)CC2)c1. The van der Waals surface area contributed by atoms with Gasteiger partial charge >= 0.3 is 0 Å². The molecule has 2 aromatic carbocycles. The average molecular weight is 459 g/mol. The van der Waals surface area contributed by atoms with E-state index in [2.05, 4.69) is 22.3 Å². The molecule has 1 amide bonds. The zero-order valence-electron chi connectivity index (χ0n) is 19.4. The summed E-state index contributed by atoms with van der Waals surface area (Å²) in [6.45, 7) is 8.03. The molecule has 0 bridgehead atoms. The molecule has 0 saturated carbocycles. The van der Waals surface area contributed by atoms with E-state index in [1.807, 2.05) is 57.2 Å². The van der Waals surface area contributed by atoms with E-state index in [-0.39, 0.29) is 18.1 Å². The van der Waals surface area contributed by atoms with Crippen LogP contribution < -0.4 is 10.1 Å². The summed E-state index contributed by atoms with van der Waals surface area (Å²) in [4.78, 5) is 14.8. The molecule has 1 aliphatic heterocycles. The molecule has 1 saturated heterocycles. The van der Waals surface area contributed by atoms with Crippen molar-refractivity contribution in [3.8, 4) is 5.75 Å². The van der Waals surface area contributed by atoms with Crippen molar-refractivity contribution in [2.45, 2.75) is 57.6 Å². The normalized spacial score (nSPS) is 19.9. The number of aliphatic hydroxyl groups is 1. The van der Waals surface area contributed by atoms with Crippen molar-refractivity contribution in [1.82, 2.24) is 10.2 Å². The largest absolute Gasteiger partial charge is 0.489 e. The van der Waals surface area contributed by atoms with Crippen LogP contribution in [-0.4, -0.2) is 53.3 Å². The zero-order chi connectivity index (χ0) is 23.2. The summed E-state index contributed by atoms with van der Waals surface area (Å²) in [5.41, 5.74) is 1.01. The first-order valence-electron chi connectivity index (χ1n) is 11.3. The third-order valence-corrected chi connectivity index (χ3v) is 6.24. The van der Waals surface area contributed by atoms with Gasteiger partial charge in [0.05, 0.1) is 17.2 Å². The zero-order valence-corrected chi connectivity index (χ0v) is 20.1. The number of hydrogen-bond acceptors (Lipinski definition) is 4. The second-order valence-electron chi connectivity index (χ2n) is 9.67. The van der Waals surface area contributed by atoms with Crippen molar-refractivity contribution >= 4 is 17.5 Å². The van der Waals surface area contributed by atoms with Crippen LogP contribution in [-0.2, 0) is 11.2 Å². The van der Waals surface area contributed by atoms with E-state index < -0.39 is 5.60 Å². The topological polar surface area (TPSA) is 61.8 Å². The number of hydrogen-bond donors (Lipinski definition) is 2. The summed E-state index contributed by atoms with van der Waals surface area (Å²) in [6.07, 6.45) is 2.77. The summed E-state index contributed by atoms with van der Waals surface area (Å²) in [5, 5.41) is 14.8. The smallest absolute Gasteiger partial charge is 0.234 e. The Bertz CT molecular complexity index is 903. The highest BCUT2D eigenvalue weighted by atomic mass is 35.5. The third-order valence-electron chi connectivity index (χ3n) is 5.93. The molecule has 174 valence electrons. The van der Waals surface area contributed by atoms with Crippen molar-refractivity contribution in [2.24, 2.45) is 0 Å². The molecule has 2 aromatic rings. The number of halogens is 1. The summed E-state index contributed by atoms with van der Waals surface area (Å²) in [7, 11) is 0. The summed E-state index contributed by atoms with van der Waals surface area (Å²) >= 11 is 6.22.